The molecule has 0 aliphatic heterocycles. The van der Waals surface area contributed by atoms with Crippen LogP contribution in [0.15, 0.2) is 54.9 Å². The molecule has 0 amide bonds. The van der Waals surface area contributed by atoms with Gasteiger partial charge in [0.15, 0.2) is 0 Å². The van der Waals surface area contributed by atoms with Gasteiger partial charge in [-0.05, 0) is 29.7 Å². The lowest BCUT2D eigenvalue weighted by molar-refractivity contribution is 0.992. The van der Waals surface area contributed by atoms with Gasteiger partial charge in [0, 0.05) is 12.7 Å². The molecule has 1 heterocycles. The largest absolute Gasteiger partial charge is 0.368 e. The highest BCUT2D eigenvalue weighted by molar-refractivity contribution is 5.82. The quantitative estimate of drug-likeness (QED) is 0.781. The van der Waals surface area contributed by atoms with Crippen molar-refractivity contribution in [2.24, 2.45) is 0 Å². The van der Waals surface area contributed by atoms with E-state index in [2.05, 4.69) is 57.7 Å². The van der Waals surface area contributed by atoms with Crippen molar-refractivity contribution in [3.63, 3.8) is 0 Å². The van der Waals surface area contributed by atoms with Crippen molar-refractivity contribution in [1.82, 2.24) is 9.97 Å². The molecule has 0 bridgehead atoms. The van der Waals surface area contributed by atoms with Crippen LogP contribution in [0.4, 0.5) is 5.82 Å². The smallest absolute Gasteiger partial charge is 0.144 e. The first-order valence-corrected chi connectivity index (χ1v) is 6.81. The van der Waals surface area contributed by atoms with Crippen LogP contribution in [0, 0.1) is 6.92 Å². The maximum Gasteiger partial charge on any atom is 0.144 e. The second-order valence-electron chi connectivity index (χ2n) is 4.90. The van der Waals surface area contributed by atoms with Gasteiger partial charge in [0.25, 0.3) is 0 Å². The van der Waals surface area contributed by atoms with Gasteiger partial charge < -0.3 is 5.32 Å². The summed E-state index contributed by atoms with van der Waals surface area (Å²) < 4.78 is 0. The zero-order valence-electron chi connectivity index (χ0n) is 11.5. The van der Waals surface area contributed by atoms with E-state index in [4.69, 9.17) is 0 Å². The van der Waals surface area contributed by atoms with E-state index in [1.54, 1.807) is 12.4 Å². The van der Waals surface area contributed by atoms with Crippen molar-refractivity contribution in [2.75, 3.05) is 11.9 Å². The van der Waals surface area contributed by atoms with E-state index in [9.17, 15) is 0 Å². The van der Waals surface area contributed by atoms with E-state index in [1.807, 2.05) is 6.92 Å². The molecule has 0 radical (unpaired) electrons. The molecule has 0 unspecified atom stereocenters. The number of benzene rings is 2. The summed E-state index contributed by atoms with van der Waals surface area (Å²) in [5, 5.41) is 5.89. The lowest BCUT2D eigenvalue weighted by Gasteiger charge is -2.07. The predicted octanol–water partition coefficient (Wildman–Crippen LogP) is 3.59. The normalized spacial score (nSPS) is 10.7. The third-order valence-corrected chi connectivity index (χ3v) is 3.29. The van der Waals surface area contributed by atoms with Crippen molar-refractivity contribution in [1.29, 1.82) is 0 Å². The van der Waals surface area contributed by atoms with Crippen LogP contribution < -0.4 is 5.32 Å². The van der Waals surface area contributed by atoms with E-state index >= 15 is 0 Å². The van der Waals surface area contributed by atoms with Crippen molar-refractivity contribution in [3.8, 4) is 0 Å². The molecule has 0 fully saturated rings. The number of rotatable bonds is 4. The van der Waals surface area contributed by atoms with Crippen LogP contribution in [-0.2, 0) is 6.42 Å². The van der Waals surface area contributed by atoms with Crippen LogP contribution >= 0.6 is 0 Å². The Morgan fingerprint density at radius 2 is 1.85 bits per heavy atom. The van der Waals surface area contributed by atoms with Gasteiger partial charge in [0.1, 0.15) is 5.82 Å². The fraction of sp³-hybridized carbons (Fsp3) is 0.176. The van der Waals surface area contributed by atoms with Crippen molar-refractivity contribution < 1.29 is 0 Å². The summed E-state index contributed by atoms with van der Waals surface area (Å²) in [6, 6.07) is 15.0. The van der Waals surface area contributed by atoms with Crippen LogP contribution in [0.25, 0.3) is 10.8 Å². The Morgan fingerprint density at radius 1 is 1.00 bits per heavy atom. The van der Waals surface area contributed by atoms with Crippen LogP contribution in [-0.4, -0.2) is 16.5 Å². The maximum atomic E-state index is 4.38. The highest BCUT2D eigenvalue weighted by atomic mass is 15.0. The Labute approximate surface area is 118 Å². The molecule has 0 saturated carbocycles. The molecular formula is C17H17N3. The summed E-state index contributed by atoms with van der Waals surface area (Å²) in [7, 11) is 0. The number of hydrogen-bond acceptors (Lipinski definition) is 3. The Balaban J connectivity index is 1.65. The molecule has 0 spiro atoms. The Hall–Kier alpha value is -2.42. The molecule has 0 saturated heterocycles. The molecule has 3 nitrogen and oxygen atoms in total. The fourth-order valence-corrected chi connectivity index (χ4v) is 2.28. The minimum Gasteiger partial charge on any atom is -0.368 e. The van der Waals surface area contributed by atoms with Crippen LogP contribution in [0.3, 0.4) is 0 Å². The number of nitrogens with zero attached hydrogens (tertiary/aromatic N) is 2. The van der Waals surface area contributed by atoms with Gasteiger partial charge in [-0.1, -0.05) is 42.5 Å². The molecule has 3 heteroatoms. The van der Waals surface area contributed by atoms with Gasteiger partial charge in [-0.25, -0.2) is 4.98 Å². The number of nitrogens with one attached hydrogen (secondary N) is 1. The predicted molar refractivity (Wildman–Crippen MR) is 82.9 cm³/mol. The number of aromatic nitrogens is 2. The summed E-state index contributed by atoms with van der Waals surface area (Å²) in [5.74, 6) is 0.839. The van der Waals surface area contributed by atoms with Crippen LogP contribution in [0.1, 0.15) is 11.3 Å². The number of fused-ring (bicyclic) bond motifs is 1. The second kappa shape index (κ2) is 5.70. The molecule has 1 aromatic heterocycles. The minimum atomic E-state index is 0.839. The fourth-order valence-electron chi connectivity index (χ4n) is 2.28. The summed E-state index contributed by atoms with van der Waals surface area (Å²) >= 11 is 0. The third kappa shape index (κ3) is 2.94. The van der Waals surface area contributed by atoms with E-state index in [1.165, 1.54) is 16.3 Å². The first-order valence-electron chi connectivity index (χ1n) is 6.81. The molecule has 3 aromatic rings. The number of hydrogen-bond donors (Lipinski definition) is 1. The molecule has 3 rings (SSSR count). The summed E-state index contributed by atoms with van der Waals surface area (Å²) in [6.07, 6.45) is 4.49. The van der Waals surface area contributed by atoms with E-state index < -0.39 is 0 Å². The van der Waals surface area contributed by atoms with Gasteiger partial charge in [0.05, 0.1) is 11.9 Å². The molecule has 0 atom stereocenters. The van der Waals surface area contributed by atoms with Crippen LogP contribution in [0.5, 0.6) is 0 Å². The molecular weight excluding hydrogens is 246 g/mol. The Morgan fingerprint density at radius 3 is 2.70 bits per heavy atom. The van der Waals surface area contributed by atoms with Gasteiger partial charge in [0.2, 0.25) is 0 Å². The molecule has 0 aliphatic carbocycles. The first kappa shape index (κ1) is 12.6. The van der Waals surface area contributed by atoms with Crippen molar-refractivity contribution >= 4 is 16.6 Å². The molecule has 2 aromatic carbocycles. The summed E-state index contributed by atoms with van der Waals surface area (Å²) in [5.41, 5.74) is 2.26. The SMILES string of the molecule is Cc1cncc(NCCc2ccc3ccccc3c2)n1. The van der Waals surface area contributed by atoms with E-state index in [-0.39, 0.29) is 0 Å². The lowest BCUT2D eigenvalue weighted by atomic mass is 10.1. The summed E-state index contributed by atoms with van der Waals surface area (Å²) in [6.45, 7) is 2.80. The lowest BCUT2D eigenvalue weighted by Crippen LogP contribution is -2.07. The molecule has 0 aliphatic rings. The van der Waals surface area contributed by atoms with Crippen molar-refractivity contribution in [3.05, 3.63) is 66.1 Å². The average Bonchev–Trinajstić information content (AvgIpc) is 2.47. The summed E-state index contributed by atoms with van der Waals surface area (Å²) in [4.78, 5) is 8.51. The molecule has 20 heavy (non-hydrogen) atoms. The van der Waals surface area contributed by atoms with Crippen LogP contribution in [0.2, 0.25) is 0 Å². The van der Waals surface area contributed by atoms with E-state index in [0.29, 0.717) is 0 Å². The zero-order chi connectivity index (χ0) is 13.8. The van der Waals surface area contributed by atoms with Crippen molar-refractivity contribution in [2.45, 2.75) is 13.3 Å². The zero-order valence-corrected chi connectivity index (χ0v) is 11.5. The monoisotopic (exact) mass is 263 g/mol. The number of aryl methyl sites for hydroxylation is 1. The first-order chi connectivity index (χ1) is 9.81. The van der Waals surface area contributed by atoms with Gasteiger partial charge in [-0.15, -0.1) is 0 Å². The standard InChI is InChI=1S/C17H17N3/c1-13-11-18-12-17(20-13)19-9-8-14-6-7-15-4-2-3-5-16(15)10-14/h2-7,10-12H,8-9H2,1H3,(H,19,20). The molecule has 100 valence electrons. The maximum absolute atomic E-state index is 4.38. The Bertz CT molecular complexity index is 722. The van der Waals surface area contributed by atoms with Gasteiger partial charge in [-0.3, -0.25) is 4.98 Å². The van der Waals surface area contributed by atoms with E-state index in [0.717, 1.165) is 24.5 Å². The number of anilines is 1. The molecule has 1 N–H and O–H groups in total. The highest BCUT2D eigenvalue weighted by Gasteiger charge is 1.98. The topological polar surface area (TPSA) is 37.8 Å². The van der Waals surface area contributed by atoms with Gasteiger partial charge in [-0.2, -0.15) is 0 Å². The third-order valence-electron chi connectivity index (χ3n) is 3.29. The van der Waals surface area contributed by atoms with Gasteiger partial charge >= 0.3 is 0 Å². The minimum absolute atomic E-state index is 0.839. The Kier molecular flexibility index (Phi) is 3.59. The highest BCUT2D eigenvalue weighted by Crippen LogP contribution is 2.16. The second-order valence-corrected chi connectivity index (χ2v) is 4.90. The average molecular weight is 263 g/mol.